The number of carbonyl (C=O) groups excluding carboxylic acids is 1. The zero-order chi connectivity index (χ0) is 23.1. The number of ether oxygens (including phenoxy) is 1. The summed E-state index contributed by atoms with van der Waals surface area (Å²) in [6.07, 6.45) is 20.1. The molecule has 4 nitrogen and oxygen atoms in total. The number of hydrogen-bond donors (Lipinski definition) is 2. The molecule has 1 aromatic carbocycles. The molecule has 1 rings (SSSR count). The van der Waals surface area contributed by atoms with Crippen LogP contribution >= 0.6 is 0 Å². The molecule has 4 heteroatoms. The second-order valence-corrected chi connectivity index (χ2v) is 9.11. The molecule has 0 spiro atoms. The second kappa shape index (κ2) is 21.5. The Balaban J connectivity index is 1.86. The van der Waals surface area contributed by atoms with Gasteiger partial charge in [0.05, 0.1) is 19.3 Å². The van der Waals surface area contributed by atoms with Crippen molar-refractivity contribution in [3.8, 4) is 0 Å². The van der Waals surface area contributed by atoms with E-state index < -0.39 is 0 Å². The average molecular weight is 448 g/mol. The molecule has 1 atom stereocenters. The van der Waals surface area contributed by atoms with Gasteiger partial charge in [0.25, 0.3) is 0 Å². The lowest BCUT2D eigenvalue weighted by Gasteiger charge is -2.16. The Morgan fingerprint density at radius 2 is 1.31 bits per heavy atom. The van der Waals surface area contributed by atoms with Gasteiger partial charge in [-0.15, -0.1) is 0 Å². The Labute approximate surface area is 197 Å². The van der Waals surface area contributed by atoms with Gasteiger partial charge in [-0.1, -0.05) is 127 Å². The van der Waals surface area contributed by atoms with Gasteiger partial charge in [0.15, 0.2) is 0 Å². The van der Waals surface area contributed by atoms with E-state index in [-0.39, 0.29) is 18.6 Å². The summed E-state index contributed by atoms with van der Waals surface area (Å²) < 4.78 is 5.69. The summed E-state index contributed by atoms with van der Waals surface area (Å²) in [5, 5.41) is 12.4. The maximum absolute atomic E-state index is 12.0. The van der Waals surface area contributed by atoms with Crippen LogP contribution in [0, 0.1) is 0 Å². The fourth-order valence-corrected chi connectivity index (χ4v) is 3.94. The molecule has 0 unspecified atom stereocenters. The number of carbonyl (C=O) groups is 1. The molecule has 0 aliphatic rings. The molecule has 0 saturated heterocycles. The number of aliphatic hydroxyl groups excluding tert-OH is 1. The highest BCUT2D eigenvalue weighted by Gasteiger charge is 2.10. The molecule has 1 amide bonds. The molecule has 2 N–H and O–H groups in total. The van der Waals surface area contributed by atoms with Crippen molar-refractivity contribution in [1.29, 1.82) is 0 Å². The van der Waals surface area contributed by atoms with E-state index in [1.54, 1.807) is 0 Å². The van der Waals surface area contributed by atoms with E-state index in [0.29, 0.717) is 19.6 Å². The van der Waals surface area contributed by atoms with E-state index in [4.69, 9.17) is 4.74 Å². The lowest BCUT2D eigenvalue weighted by Crippen LogP contribution is -2.35. The van der Waals surface area contributed by atoms with Gasteiger partial charge in [0.2, 0.25) is 5.91 Å². The first-order valence-corrected chi connectivity index (χ1v) is 13.3. The molecule has 0 aliphatic heterocycles. The third-order valence-corrected chi connectivity index (χ3v) is 6.07. The zero-order valence-electron chi connectivity index (χ0n) is 20.7. The molecule has 0 aliphatic carbocycles. The zero-order valence-corrected chi connectivity index (χ0v) is 20.7. The molecule has 1 aromatic rings. The van der Waals surface area contributed by atoms with Crippen LogP contribution in [0.1, 0.15) is 115 Å². The molecule has 0 bridgehead atoms. The van der Waals surface area contributed by atoms with Crippen molar-refractivity contribution < 1.29 is 14.6 Å². The standard InChI is InChI=1S/C28H49NO3/c1-2-3-4-5-6-7-8-9-10-11-12-13-14-15-19-22-28(31)29-23-27(24-30)32-25-26-20-17-16-18-21-26/h16-18,20-21,27,30H,2-15,19,22-25H2,1H3,(H,29,31)/t27-/m1/s1. The monoisotopic (exact) mass is 447 g/mol. The molecule has 0 saturated carbocycles. The Bertz CT molecular complexity index is 535. The smallest absolute Gasteiger partial charge is 0.220 e. The maximum atomic E-state index is 12.0. The predicted octanol–water partition coefficient (Wildman–Crippen LogP) is 6.94. The van der Waals surface area contributed by atoms with Gasteiger partial charge in [-0.3, -0.25) is 4.79 Å². The lowest BCUT2D eigenvalue weighted by atomic mass is 10.0. The molecular weight excluding hydrogens is 398 g/mol. The summed E-state index contributed by atoms with van der Waals surface area (Å²) in [6.45, 7) is 2.99. The highest BCUT2D eigenvalue weighted by Crippen LogP contribution is 2.13. The number of benzene rings is 1. The van der Waals surface area contributed by atoms with Gasteiger partial charge in [-0.05, 0) is 12.0 Å². The fraction of sp³-hybridized carbons (Fsp3) is 0.750. The van der Waals surface area contributed by atoms with E-state index in [0.717, 1.165) is 18.4 Å². The van der Waals surface area contributed by atoms with Crippen molar-refractivity contribution in [2.24, 2.45) is 0 Å². The van der Waals surface area contributed by atoms with Crippen LogP contribution in [-0.4, -0.2) is 30.3 Å². The first-order valence-electron chi connectivity index (χ1n) is 13.3. The van der Waals surface area contributed by atoms with Crippen LogP contribution in [0.4, 0.5) is 0 Å². The van der Waals surface area contributed by atoms with Crippen LogP contribution in [-0.2, 0) is 16.1 Å². The van der Waals surface area contributed by atoms with Crippen LogP contribution in [0.3, 0.4) is 0 Å². The SMILES string of the molecule is CCCCCCCCCCCCCCCCCC(=O)NC[C@H](CO)OCc1ccccc1. The largest absolute Gasteiger partial charge is 0.394 e. The summed E-state index contributed by atoms with van der Waals surface area (Å²) in [6, 6.07) is 9.87. The predicted molar refractivity (Wildman–Crippen MR) is 135 cm³/mol. The number of nitrogens with one attached hydrogen (secondary N) is 1. The maximum Gasteiger partial charge on any atom is 0.220 e. The number of aliphatic hydroxyl groups is 1. The molecule has 32 heavy (non-hydrogen) atoms. The minimum absolute atomic E-state index is 0.0569. The molecular formula is C28H49NO3. The molecule has 184 valence electrons. The van der Waals surface area contributed by atoms with Crippen LogP contribution in [0.15, 0.2) is 30.3 Å². The average Bonchev–Trinajstić information content (AvgIpc) is 2.82. The van der Waals surface area contributed by atoms with Crippen molar-refractivity contribution in [3.05, 3.63) is 35.9 Å². The van der Waals surface area contributed by atoms with Gasteiger partial charge >= 0.3 is 0 Å². The van der Waals surface area contributed by atoms with Crippen LogP contribution < -0.4 is 5.32 Å². The Kier molecular flexibility index (Phi) is 19.2. The van der Waals surface area contributed by atoms with Crippen molar-refractivity contribution in [2.75, 3.05) is 13.2 Å². The normalized spacial score (nSPS) is 12.1. The van der Waals surface area contributed by atoms with Crippen LogP contribution in [0.25, 0.3) is 0 Å². The minimum Gasteiger partial charge on any atom is -0.394 e. The number of hydrogen-bond acceptors (Lipinski definition) is 3. The summed E-state index contributed by atoms with van der Waals surface area (Å²) in [5.41, 5.74) is 1.06. The minimum atomic E-state index is -0.361. The van der Waals surface area contributed by atoms with Crippen molar-refractivity contribution >= 4 is 5.91 Å². The summed E-state index contributed by atoms with van der Waals surface area (Å²) in [5.74, 6) is 0.0569. The van der Waals surface area contributed by atoms with Crippen LogP contribution in [0.5, 0.6) is 0 Å². The van der Waals surface area contributed by atoms with E-state index in [9.17, 15) is 9.90 Å². The van der Waals surface area contributed by atoms with E-state index >= 15 is 0 Å². The topological polar surface area (TPSA) is 58.6 Å². The summed E-state index contributed by atoms with van der Waals surface area (Å²) >= 11 is 0. The van der Waals surface area contributed by atoms with Gasteiger partial charge in [0.1, 0.15) is 0 Å². The van der Waals surface area contributed by atoms with E-state index in [1.165, 1.54) is 83.5 Å². The van der Waals surface area contributed by atoms with Crippen molar-refractivity contribution in [3.63, 3.8) is 0 Å². The van der Waals surface area contributed by atoms with Crippen LogP contribution in [0.2, 0.25) is 0 Å². The summed E-state index contributed by atoms with van der Waals surface area (Å²) in [7, 11) is 0. The second-order valence-electron chi connectivity index (χ2n) is 9.11. The molecule has 0 radical (unpaired) electrons. The van der Waals surface area contributed by atoms with E-state index in [2.05, 4.69) is 12.2 Å². The Hall–Kier alpha value is -1.39. The lowest BCUT2D eigenvalue weighted by molar-refractivity contribution is -0.122. The highest BCUT2D eigenvalue weighted by atomic mass is 16.5. The molecule has 0 fully saturated rings. The third-order valence-electron chi connectivity index (χ3n) is 6.07. The highest BCUT2D eigenvalue weighted by molar-refractivity contribution is 5.75. The van der Waals surface area contributed by atoms with Crippen molar-refractivity contribution in [2.45, 2.75) is 122 Å². The molecule has 0 heterocycles. The molecule has 0 aromatic heterocycles. The number of unbranched alkanes of at least 4 members (excludes halogenated alkanes) is 14. The fourth-order valence-electron chi connectivity index (χ4n) is 3.94. The van der Waals surface area contributed by atoms with Crippen molar-refractivity contribution in [1.82, 2.24) is 5.32 Å². The van der Waals surface area contributed by atoms with Gasteiger partial charge in [0, 0.05) is 13.0 Å². The first-order chi connectivity index (χ1) is 15.8. The quantitative estimate of drug-likeness (QED) is 0.189. The first kappa shape index (κ1) is 28.6. The van der Waals surface area contributed by atoms with Gasteiger partial charge in [-0.25, -0.2) is 0 Å². The van der Waals surface area contributed by atoms with E-state index in [1.807, 2.05) is 30.3 Å². The summed E-state index contributed by atoms with van der Waals surface area (Å²) in [4.78, 5) is 12.0. The van der Waals surface area contributed by atoms with Gasteiger partial charge < -0.3 is 15.2 Å². The Morgan fingerprint density at radius 3 is 1.81 bits per heavy atom. The third kappa shape index (κ3) is 17.2. The van der Waals surface area contributed by atoms with Gasteiger partial charge in [-0.2, -0.15) is 0 Å². The number of amides is 1. The Morgan fingerprint density at radius 1 is 0.812 bits per heavy atom. The number of rotatable bonds is 22.